The minimum absolute atomic E-state index is 0.0819. The third-order valence-corrected chi connectivity index (χ3v) is 6.88. The van der Waals surface area contributed by atoms with Crippen molar-refractivity contribution in [1.29, 1.82) is 0 Å². The quantitative estimate of drug-likeness (QED) is 0.424. The molecule has 2 aromatic carbocycles. The van der Waals surface area contributed by atoms with E-state index >= 15 is 0 Å². The molecule has 0 aromatic heterocycles. The molecule has 0 aliphatic heterocycles. The Balaban J connectivity index is 2.35. The molecule has 31 heavy (non-hydrogen) atoms. The first kappa shape index (κ1) is 24.9. The van der Waals surface area contributed by atoms with Crippen molar-refractivity contribution < 1.29 is 41.7 Å². The summed E-state index contributed by atoms with van der Waals surface area (Å²) in [5.74, 6) is 1.35. The second-order valence-corrected chi connectivity index (χ2v) is 11.0. The lowest BCUT2D eigenvalue weighted by Crippen LogP contribution is -2.09. The Morgan fingerprint density at radius 2 is 1.52 bits per heavy atom. The molecule has 0 radical (unpaired) electrons. The lowest BCUT2D eigenvalue weighted by molar-refractivity contribution is 0.374. The van der Waals surface area contributed by atoms with Gasteiger partial charge in [0.1, 0.15) is 23.0 Å². The molecule has 0 aliphatic carbocycles. The molecule has 0 saturated heterocycles. The number of methoxy groups -OCH3 is 4. The number of benzene rings is 2. The zero-order chi connectivity index (χ0) is 23.2. The smallest absolute Gasteiger partial charge is 0.388 e. The molecule has 0 saturated carbocycles. The number of hydrogen-bond donors (Lipinski definition) is 3. The van der Waals surface area contributed by atoms with Crippen LogP contribution in [-0.4, -0.2) is 46.6 Å². The van der Waals surface area contributed by atoms with Gasteiger partial charge in [0.25, 0.3) is 10.0 Å². The maximum Gasteiger partial charge on any atom is 0.388 e. The summed E-state index contributed by atoms with van der Waals surface area (Å²) in [6, 6.07) is 7.23. The fourth-order valence-electron chi connectivity index (χ4n) is 2.49. The predicted molar refractivity (Wildman–Crippen MR) is 119 cm³/mol. The summed E-state index contributed by atoms with van der Waals surface area (Å²) in [5, 5.41) is 0.917. The van der Waals surface area contributed by atoms with Crippen LogP contribution in [-0.2, 0) is 14.6 Å². The van der Waals surface area contributed by atoms with Crippen molar-refractivity contribution in [2.45, 2.75) is 4.90 Å². The Labute approximate surface area is 184 Å². The Morgan fingerprint density at radius 1 is 0.935 bits per heavy atom. The van der Waals surface area contributed by atoms with Gasteiger partial charge in [0.2, 0.25) is 0 Å². The molecule has 2 rings (SSSR count). The predicted octanol–water partition coefficient (Wildman–Crippen LogP) is 3.32. The number of hydrogen-bond acceptors (Lipinski definition) is 8. The average Bonchev–Trinajstić information content (AvgIpc) is 2.70. The van der Waals surface area contributed by atoms with Crippen molar-refractivity contribution >= 4 is 40.0 Å². The molecule has 13 heteroatoms. The van der Waals surface area contributed by atoms with Gasteiger partial charge in [0, 0.05) is 12.1 Å². The minimum atomic E-state index is -4.47. The van der Waals surface area contributed by atoms with E-state index in [4.69, 9.17) is 18.9 Å². The van der Waals surface area contributed by atoms with Crippen LogP contribution >= 0.6 is 18.2 Å². The molecule has 0 spiro atoms. The maximum atomic E-state index is 12.6. The SMILES string of the molecule is COc1cc(OC)c(/C=C/S(=O)(=O)Nc2ccc(OC)c(SP(=O)(O)O)c2)c(OC)c1. The van der Waals surface area contributed by atoms with Gasteiger partial charge in [-0.05, 0) is 35.7 Å². The Kier molecular flexibility index (Phi) is 8.27. The van der Waals surface area contributed by atoms with Crippen molar-refractivity contribution in [3.8, 4) is 23.0 Å². The molecular weight excluding hydrogens is 469 g/mol. The highest BCUT2D eigenvalue weighted by Crippen LogP contribution is 2.57. The van der Waals surface area contributed by atoms with Crippen LogP contribution in [0.3, 0.4) is 0 Å². The normalized spacial score (nSPS) is 11.9. The zero-order valence-corrected chi connectivity index (χ0v) is 19.6. The van der Waals surface area contributed by atoms with Crippen LogP contribution in [0.2, 0.25) is 0 Å². The van der Waals surface area contributed by atoms with Crippen molar-refractivity contribution in [1.82, 2.24) is 0 Å². The van der Waals surface area contributed by atoms with Crippen LogP contribution in [0.1, 0.15) is 5.56 Å². The van der Waals surface area contributed by atoms with E-state index in [2.05, 4.69) is 4.72 Å². The second-order valence-electron chi connectivity index (χ2n) is 5.84. The van der Waals surface area contributed by atoms with Crippen molar-refractivity contribution in [2.24, 2.45) is 0 Å². The van der Waals surface area contributed by atoms with E-state index < -0.39 is 16.8 Å². The number of rotatable bonds is 10. The van der Waals surface area contributed by atoms with Gasteiger partial charge >= 0.3 is 6.80 Å². The summed E-state index contributed by atoms with van der Waals surface area (Å²) in [6.45, 7) is -4.47. The van der Waals surface area contributed by atoms with Gasteiger partial charge in [-0.3, -0.25) is 4.72 Å². The van der Waals surface area contributed by atoms with E-state index in [-0.39, 0.29) is 27.7 Å². The summed E-state index contributed by atoms with van der Waals surface area (Å²) < 4.78 is 59.5. The topological polar surface area (TPSA) is 141 Å². The van der Waals surface area contributed by atoms with Crippen LogP contribution in [0.5, 0.6) is 23.0 Å². The monoisotopic (exact) mass is 491 g/mol. The number of ether oxygens (including phenoxy) is 4. The molecule has 0 aliphatic rings. The van der Waals surface area contributed by atoms with Crippen LogP contribution in [0.4, 0.5) is 5.69 Å². The number of nitrogens with one attached hydrogen (secondary N) is 1. The molecule has 0 amide bonds. The second kappa shape index (κ2) is 10.3. The Morgan fingerprint density at radius 3 is 2.00 bits per heavy atom. The summed E-state index contributed by atoms with van der Waals surface area (Å²) in [7, 11) is 1.67. The third kappa shape index (κ3) is 7.08. The summed E-state index contributed by atoms with van der Waals surface area (Å²) in [6.07, 6.45) is 1.30. The highest BCUT2D eigenvalue weighted by Gasteiger charge is 2.20. The van der Waals surface area contributed by atoms with E-state index in [1.807, 2.05) is 0 Å². The van der Waals surface area contributed by atoms with E-state index in [0.717, 1.165) is 5.41 Å². The third-order valence-electron chi connectivity index (χ3n) is 3.81. The molecule has 10 nitrogen and oxygen atoms in total. The summed E-state index contributed by atoms with van der Waals surface area (Å²) in [4.78, 5) is 18.5. The van der Waals surface area contributed by atoms with Crippen LogP contribution in [0.25, 0.3) is 6.08 Å². The first-order valence-electron chi connectivity index (χ1n) is 8.46. The fourth-order valence-corrected chi connectivity index (χ4v) is 5.21. The molecule has 0 unspecified atom stereocenters. The number of anilines is 1. The van der Waals surface area contributed by atoms with E-state index in [1.54, 1.807) is 12.1 Å². The maximum absolute atomic E-state index is 12.6. The van der Waals surface area contributed by atoms with Gasteiger partial charge in [-0.2, -0.15) is 0 Å². The molecule has 0 fully saturated rings. The molecule has 2 aromatic rings. The summed E-state index contributed by atoms with van der Waals surface area (Å²) >= 11 is 0.260. The Bertz CT molecular complexity index is 1090. The highest BCUT2D eigenvalue weighted by atomic mass is 32.7. The largest absolute Gasteiger partial charge is 0.496 e. The van der Waals surface area contributed by atoms with Crippen LogP contribution < -0.4 is 23.7 Å². The fraction of sp³-hybridized carbons (Fsp3) is 0.222. The standard InChI is InChI=1S/C18H22NO9PS2/c1-25-13-10-16(27-3)14(17(11-13)28-4)7-8-31(23,24)19-12-5-6-15(26-2)18(9-12)30-29(20,21)22/h5-11,19H,1-4H3,(H2,20,21,22)/b8-7+. The van der Waals surface area contributed by atoms with Crippen molar-refractivity contribution in [2.75, 3.05) is 33.2 Å². The molecule has 0 atom stereocenters. The van der Waals surface area contributed by atoms with Gasteiger partial charge in [0.05, 0.1) is 50.0 Å². The minimum Gasteiger partial charge on any atom is -0.496 e. The van der Waals surface area contributed by atoms with Gasteiger partial charge in [-0.1, -0.05) is 0 Å². The van der Waals surface area contributed by atoms with E-state index in [1.165, 1.54) is 52.7 Å². The van der Waals surface area contributed by atoms with Crippen molar-refractivity contribution in [3.05, 3.63) is 41.3 Å². The van der Waals surface area contributed by atoms with E-state index in [0.29, 0.717) is 22.8 Å². The first-order valence-corrected chi connectivity index (χ1v) is 13.0. The molecule has 170 valence electrons. The number of sulfonamides is 1. The van der Waals surface area contributed by atoms with Gasteiger partial charge < -0.3 is 28.7 Å². The lowest BCUT2D eigenvalue weighted by atomic mass is 10.1. The van der Waals surface area contributed by atoms with Crippen LogP contribution in [0.15, 0.2) is 40.6 Å². The van der Waals surface area contributed by atoms with E-state index in [9.17, 15) is 22.8 Å². The summed E-state index contributed by atoms with van der Waals surface area (Å²) in [5.41, 5.74) is 0.471. The molecule has 0 heterocycles. The van der Waals surface area contributed by atoms with Gasteiger partial charge in [-0.15, -0.1) is 0 Å². The first-order chi connectivity index (χ1) is 14.5. The molecular formula is C18H22NO9PS2. The molecule has 0 bridgehead atoms. The highest BCUT2D eigenvalue weighted by molar-refractivity contribution is 8.54. The van der Waals surface area contributed by atoms with Gasteiger partial charge in [-0.25, -0.2) is 13.0 Å². The lowest BCUT2D eigenvalue weighted by Gasteiger charge is -2.13. The zero-order valence-electron chi connectivity index (χ0n) is 17.1. The molecule has 3 N–H and O–H groups in total. The van der Waals surface area contributed by atoms with Crippen LogP contribution in [0, 0.1) is 0 Å². The Hall–Kier alpha value is -2.37. The van der Waals surface area contributed by atoms with Gasteiger partial charge in [0.15, 0.2) is 0 Å². The average molecular weight is 491 g/mol. The van der Waals surface area contributed by atoms with Crippen molar-refractivity contribution in [3.63, 3.8) is 0 Å².